The summed E-state index contributed by atoms with van der Waals surface area (Å²) in [6.45, 7) is 10.3. The fourth-order valence-electron chi connectivity index (χ4n) is 4.75. The highest BCUT2D eigenvalue weighted by molar-refractivity contribution is 5.87. The molecule has 1 aliphatic rings. The van der Waals surface area contributed by atoms with Crippen LogP contribution in [0.4, 0.5) is 0 Å². The Bertz CT molecular complexity index is 935. The fourth-order valence-corrected chi connectivity index (χ4v) is 4.75. The number of carbonyl (C=O) groups is 1. The number of aliphatic hydroxyl groups is 1. The number of benzene rings is 2. The standard InChI is InChI=1S/C29H38O3/c1-5-23-18-25(24-11-8-21(4)9-12-24)13-15-27(23)28-14-10-22(7-6-16-30)17-26(28)19-32-29(31)20(2)3/h10,13-15,17-18,21,24,30H,2,5-9,11-12,16,19H2,1,3-4H3. The Hall–Kier alpha value is -2.39. The molecule has 0 unspecified atom stereocenters. The monoisotopic (exact) mass is 434 g/mol. The number of rotatable bonds is 9. The molecule has 2 aromatic rings. The number of hydrogen-bond donors (Lipinski definition) is 1. The Labute approximate surface area is 193 Å². The second-order valence-corrected chi connectivity index (χ2v) is 9.40. The van der Waals surface area contributed by atoms with Crippen LogP contribution in [0.5, 0.6) is 0 Å². The zero-order chi connectivity index (χ0) is 23.1. The van der Waals surface area contributed by atoms with Gasteiger partial charge in [-0.2, -0.15) is 0 Å². The van der Waals surface area contributed by atoms with Gasteiger partial charge in [0.2, 0.25) is 0 Å². The van der Waals surface area contributed by atoms with Gasteiger partial charge < -0.3 is 9.84 Å². The number of aliphatic hydroxyl groups excluding tert-OH is 1. The third kappa shape index (κ3) is 6.10. The second kappa shape index (κ2) is 11.5. The molecule has 0 atom stereocenters. The Morgan fingerprint density at radius 2 is 1.75 bits per heavy atom. The van der Waals surface area contributed by atoms with E-state index in [4.69, 9.17) is 4.74 Å². The van der Waals surface area contributed by atoms with Gasteiger partial charge in [0.15, 0.2) is 0 Å². The van der Waals surface area contributed by atoms with Crippen LogP contribution in [0.1, 0.15) is 81.0 Å². The molecular formula is C29H38O3. The molecule has 0 aromatic heterocycles. The maximum Gasteiger partial charge on any atom is 0.333 e. The fraction of sp³-hybridized carbons (Fsp3) is 0.483. The van der Waals surface area contributed by atoms with Gasteiger partial charge in [0.25, 0.3) is 0 Å². The highest BCUT2D eigenvalue weighted by atomic mass is 16.5. The van der Waals surface area contributed by atoms with Crippen molar-refractivity contribution in [3.8, 4) is 11.1 Å². The average molecular weight is 435 g/mol. The molecule has 3 heteroatoms. The molecule has 0 saturated heterocycles. The van der Waals surface area contributed by atoms with E-state index in [1.54, 1.807) is 6.92 Å². The molecule has 0 radical (unpaired) electrons. The first-order valence-corrected chi connectivity index (χ1v) is 12.1. The van der Waals surface area contributed by atoms with Crippen molar-refractivity contribution in [2.45, 2.75) is 78.2 Å². The minimum Gasteiger partial charge on any atom is -0.457 e. The zero-order valence-corrected chi connectivity index (χ0v) is 20.0. The first kappa shape index (κ1) is 24.3. The van der Waals surface area contributed by atoms with Gasteiger partial charge >= 0.3 is 5.97 Å². The van der Waals surface area contributed by atoms with E-state index in [-0.39, 0.29) is 19.2 Å². The van der Waals surface area contributed by atoms with Crippen molar-refractivity contribution < 1.29 is 14.6 Å². The third-order valence-electron chi connectivity index (χ3n) is 6.79. The summed E-state index contributed by atoms with van der Waals surface area (Å²) < 4.78 is 5.53. The zero-order valence-electron chi connectivity index (χ0n) is 20.0. The summed E-state index contributed by atoms with van der Waals surface area (Å²) in [5.74, 6) is 1.15. The molecule has 0 amide bonds. The van der Waals surface area contributed by atoms with Crippen molar-refractivity contribution in [2.24, 2.45) is 5.92 Å². The molecule has 172 valence electrons. The molecular weight excluding hydrogens is 396 g/mol. The van der Waals surface area contributed by atoms with E-state index in [2.05, 4.69) is 56.8 Å². The minimum atomic E-state index is -0.366. The molecule has 2 aromatic carbocycles. The van der Waals surface area contributed by atoms with Gasteiger partial charge in [-0.05, 0) is 84.2 Å². The lowest BCUT2D eigenvalue weighted by Gasteiger charge is -2.27. The van der Waals surface area contributed by atoms with Crippen LogP contribution in [0.3, 0.4) is 0 Å². The van der Waals surface area contributed by atoms with E-state index >= 15 is 0 Å². The lowest BCUT2D eigenvalue weighted by Crippen LogP contribution is -2.11. The summed E-state index contributed by atoms with van der Waals surface area (Å²) in [6, 6.07) is 13.4. The van der Waals surface area contributed by atoms with E-state index in [9.17, 15) is 9.90 Å². The van der Waals surface area contributed by atoms with Crippen molar-refractivity contribution in [3.05, 3.63) is 70.8 Å². The first-order chi connectivity index (χ1) is 15.4. The van der Waals surface area contributed by atoms with E-state index in [1.807, 2.05) is 0 Å². The Morgan fingerprint density at radius 1 is 1.06 bits per heavy atom. The van der Waals surface area contributed by atoms with Crippen LogP contribution in [-0.4, -0.2) is 17.7 Å². The summed E-state index contributed by atoms with van der Waals surface area (Å²) in [4.78, 5) is 12.0. The maximum absolute atomic E-state index is 12.0. The van der Waals surface area contributed by atoms with E-state index in [0.717, 1.165) is 41.9 Å². The molecule has 0 bridgehead atoms. The van der Waals surface area contributed by atoms with Crippen LogP contribution in [0.25, 0.3) is 11.1 Å². The van der Waals surface area contributed by atoms with Gasteiger partial charge in [-0.1, -0.05) is 69.7 Å². The molecule has 0 heterocycles. The summed E-state index contributed by atoms with van der Waals surface area (Å²) >= 11 is 0. The Morgan fingerprint density at radius 3 is 2.41 bits per heavy atom. The molecule has 1 fully saturated rings. The third-order valence-corrected chi connectivity index (χ3v) is 6.79. The molecule has 1 N–H and O–H groups in total. The van der Waals surface area contributed by atoms with E-state index in [1.165, 1.54) is 42.4 Å². The summed E-state index contributed by atoms with van der Waals surface area (Å²) in [6.07, 6.45) is 7.69. The summed E-state index contributed by atoms with van der Waals surface area (Å²) in [7, 11) is 0. The summed E-state index contributed by atoms with van der Waals surface area (Å²) in [5.41, 5.74) is 7.70. The van der Waals surface area contributed by atoms with Gasteiger partial charge in [0.05, 0.1) is 0 Å². The van der Waals surface area contributed by atoms with Gasteiger partial charge in [-0.3, -0.25) is 0 Å². The number of esters is 1. The number of hydrogen-bond acceptors (Lipinski definition) is 3. The predicted octanol–water partition coefficient (Wildman–Crippen LogP) is 6.75. The van der Waals surface area contributed by atoms with Crippen molar-refractivity contribution in [2.75, 3.05) is 6.61 Å². The van der Waals surface area contributed by atoms with Crippen molar-refractivity contribution in [1.82, 2.24) is 0 Å². The minimum absolute atomic E-state index is 0.170. The van der Waals surface area contributed by atoms with E-state index < -0.39 is 0 Å². The molecule has 1 saturated carbocycles. The predicted molar refractivity (Wildman–Crippen MR) is 132 cm³/mol. The Balaban J connectivity index is 1.93. The molecule has 1 aliphatic carbocycles. The van der Waals surface area contributed by atoms with Crippen LogP contribution < -0.4 is 0 Å². The van der Waals surface area contributed by atoms with Crippen LogP contribution in [0.15, 0.2) is 48.6 Å². The topological polar surface area (TPSA) is 46.5 Å². The van der Waals surface area contributed by atoms with Crippen LogP contribution in [0.2, 0.25) is 0 Å². The van der Waals surface area contributed by atoms with Crippen LogP contribution in [-0.2, 0) is 29.0 Å². The number of carbonyl (C=O) groups excluding carboxylic acids is 1. The molecule has 0 spiro atoms. The van der Waals surface area contributed by atoms with Crippen molar-refractivity contribution in [3.63, 3.8) is 0 Å². The normalized spacial score (nSPS) is 18.4. The lowest BCUT2D eigenvalue weighted by molar-refractivity contribution is -0.140. The largest absolute Gasteiger partial charge is 0.457 e. The Kier molecular flexibility index (Phi) is 8.69. The number of ether oxygens (including phenoxy) is 1. The average Bonchev–Trinajstić information content (AvgIpc) is 2.81. The van der Waals surface area contributed by atoms with Gasteiger partial charge in [0.1, 0.15) is 6.61 Å². The maximum atomic E-state index is 12.0. The SMILES string of the molecule is C=C(C)C(=O)OCc1cc(CCCO)ccc1-c1ccc(C2CCC(C)CC2)cc1CC. The van der Waals surface area contributed by atoms with Gasteiger partial charge in [-0.15, -0.1) is 0 Å². The van der Waals surface area contributed by atoms with Crippen LogP contribution >= 0.6 is 0 Å². The van der Waals surface area contributed by atoms with Gasteiger partial charge in [-0.25, -0.2) is 4.79 Å². The smallest absolute Gasteiger partial charge is 0.333 e. The second-order valence-electron chi connectivity index (χ2n) is 9.40. The van der Waals surface area contributed by atoms with Crippen molar-refractivity contribution in [1.29, 1.82) is 0 Å². The first-order valence-electron chi connectivity index (χ1n) is 12.1. The highest BCUT2D eigenvalue weighted by Gasteiger charge is 2.21. The van der Waals surface area contributed by atoms with Gasteiger partial charge in [0, 0.05) is 12.2 Å². The summed E-state index contributed by atoms with van der Waals surface area (Å²) in [5, 5.41) is 9.20. The quantitative estimate of drug-likeness (QED) is 0.350. The molecule has 3 rings (SSSR count). The molecule has 32 heavy (non-hydrogen) atoms. The van der Waals surface area contributed by atoms with Crippen molar-refractivity contribution >= 4 is 5.97 Å². The molecule has 0 aliphatic heterocycles. The van der Waals surface area contributed by atoms with E-state index in [0.29, 0.717) is 11.5 Å². The van der Waals surface area contributed by atoms with Crippen LogP contribution in [0, 0.1) is 5.92 Å². The lowest BCUT2D eigenvalue weighted by atomic mass is 9.78. The molecule has 3 nitrogen and oxygen atoms in total. The number of aryl methyl sites for hydroxylation is 2. The highest BCUT2D eigenvalue weighted by Crippen LogP contribution is 2.38.